The Kier molecular flexibility index (Phi) is 10.7. The molecule has 0 spiro atoms. The molecule has 1 amide bonds. The molecular weight excluding hydrogens is 218 g/mol. The Morgan fingerprint density at radius 2 is 1.35 bits per heavy atom. The summed E-state index contributed by atoms with van der Waals surface area (Å²) >= 11 is 0. The summed E-state index contributed by atoms with van der Waals surface area (Å²) in [4.78, 5) is 20.8. The van der Waals surface area contributed by atoms with Gasteiger partial charge < -0.3 is 10.4 Å². The fourth-order valence-electron chi connectivity index (χ4n) is 1.71. The number of carboxylic acid groups (broad SMARTS) is 1. The van der Waals surface area contributed by atoms with Gasteiger partial charge in [0.25, 0.3) is 0 Å². The first-order valence-electron chi connectivity index (χ1n) is 6.69. The van der Waals surface area contributed by atoms with Crippen LogP contribution in [-0.2, 0) is 9.59 Å². The number of hydrogen-bond donors (Lipinski definition) is 2. The largest absolute Gasteiger partial charge is 0.474 e. The van der Waals surface area contributed by atoms with Crippen molar-refractivity contribution in [3.05, 3.63) is 0 Å². The minimum atomic E-state index is -1.40. The molecule has 17 heavy (non-hydrogen) atoms. The van der Waals surface area contributed by atoms with Crippen LogP contribution in [0.3, 0.4) is 0 Å². The number of carboxylic acids is 1. The maximum atomic E-state index is 10.7. The number of aliphatic carboxylic acids is 1. The van der Waals surface area contributed by atoms with Gasteiger partial charge in [-0.2, -0.15) is 0 Å². The third-order valence-electron chi connectivity index (χ3n) is 2.76. The van der Waals surface area contributed by atoms with Crippen LogP contribution in [0.2, 0.25) is 0 Å². The highest BCUT2D eigenvalue weighted by Crippen LogP contribution is 2.09. The molecular formula is C13H25NO3. The highest BCUT2D eigenvalue weighted by molar-refractivity contribution is 6.31. The Morgan fingerprint density at radius 3 is 1.82 bits per heavy atom. The number of hydrogen-bond acceptors (Lipinski definition) is 2. The Labute approximate surface area is 104 Å². The first-order chi connectivity index (χ1) is 8.18. The summed E-state index contributed by atoms with van der Waals surface area (Å²) in [5, 5.41) is 10.7. The van der Waals surface area contributed by atoms with Gasteiger partial charge in [0.05, 0.1) is 0 Å². The zero-order valence-corrected chi connectivity index (χ0v) is 10.8. The standard InChI is InChI=1S/C13H25NO3/c1-2-3-4-5-6-7-8-9-10-11-14-12(15)13(16)17/h2-11H2,1H3,(H,14,15)(H,16,17). The van der Waals surface area contributed by atoms with E-state index in [1.807, 2.05) is 0 Å². The van der Waals surface area contributed by atoms with E-state index in [4.69, 9.17) is 5.11 Å². The van der Waals surface area contributed by atoms with Crippen LogP contribution in [0.4, 0.5) is 0 Å². The second-order valence-corrected chi connectivity index (χ2v) is 4.39. The maximum absolute atomic E-state index is 10.7. The van der Waals surface area contributed by atoms with Crippen molar-refractivity contribution < 1.29 is 14.7 Å². The Balaban J connectivity index is 3.08. The van der Waals surface area contributed by atoms with Crippen molar-refractivity contribution >= 4 is 11.9 Å². The van der Waals surface area contributed by atoms with Crippen LogP contribution in [-0.4, -0.2) is 23.5 Å². The Morgan fingerprint density at radius 1 is 0.882 bits per heavy atom. The molecule has 0 saturated heterocycles. The summed E-state index contributed by atoms with van der Waals surface area (Å²) in [5.74, 6) is -2.30. The van der Waals surface area contributed by atoms with Crippen molar-refractivity contribution in [3.63, 3.8) is 0 Å². The van der Waals surface area contributed by atoms with Gasteiger partial charge in [0.15, 0.2) is 0 Å². The molecule has 0 radical (unpaired) electrons. The van der Waals surface area contributed by atoms with Crippen LogP contribution in [0.1, 0.15) is 64.7 Å². The molecule has 4 heteroatoms. The van der Waals surface area contributed by atoms with E-state index in [1.54, 1.807) is 0 Å². The average molecular weight is 243 g/mol. The van der Waals surface area contributed by atoms with Gasteiger partial charge in [0, 0.05) is 6.54 Å². The number of amides is 1. The van der Waals surface area contributed by atoms with Gasteiger partial charge in [-0.05, 0) is 6.42 Å². The fraction of sp³-hybridized carbons (Fsp3) is 0.846. The molecule has 0 aromatic carbocycles. The molecule has 0 atom stereocenters. The lowest BCUT2D eigenvalue weighted by molar-refractivity contribution is -0.150. The van der Waals surface area contributed by atoms with Gasteiger partial charge in [-0.1, -0.05) is 58.3 Å². The lowest BCUT2D eigenvalue weighted by atomic mass is 10.1. The summed E-state index contributed by atoms with van der Waals surface area (Å²) in [6, 6.07) is 0. The monoisotopic (exact) mass is 243 g/mol. The molecule has 0 bridgehead atoms. The van der Waals surface area contributed by atoms with Crippen molar-refractivity contribution in [2.75, 3.05) is 6.54 Å². The van der Waals surface area contributed by atoms with Gasteiger partial charge in [-0.3, -0.25) is 4.79 Å². The smallest absolute Gasteiger partial charge is 0.394 e. The number of carbonyl (C=O) groups is 2. The van der Waals surface area contributed by atoms with Gasteiger partial charge in [-0.25, -0.2) is 4.79 Å². The zero-order chi connectivity index (χ0) is 12.9. The first-order valence-corrected chi connectivity index (χ1v) is 6.69. The van der Waals surface area contributed by atoms with Crippen molar-refractivity contribution in [3.8, 4) is 0 Å². The topological polar surface area (TPSA) is 66.4 Å². The molecule has 0 unspecified atom stereocenters. The summed E-state index contributed by atoms with van der Waals surface area (Å²) in [7, 11) is 0. The molecule has 0 aliphatic carbocycles. The van der Waals surface area contributed by atoms with E-state index in [0.717, 1.165) is 12.8 Å². The zero-order valence-electron chi connectivity index (χ0n) is 10.8. The van der Waals surface area contributed by atoms with Crippen LogP contribution < -0.4 is 5.32 Å². The number of unbranched alkanes of at least 4 members (excludes halogenated alkanes) is 8. The molecule has 0 heterocycles. The molecule has 0 aromatic rings. The predicted octanol–water partition coefficient (Wildman–Crippen LogP) is 2.72. The second-order valence-electron chi connectivity index (χ2n) is 4.39. The lowest BCUT2D eigenvalue weighted by Gasteiger charge is -2.02. The van der Waals surface area contributed by atoms with E-state index in [-0.39, 0.29) is 0 Å². The number of nitrogens with one attached hydrogen (secondary N) is 1. The summed E-state index contributed by atoms with van der Waals surface area (Å²) < 4.78 is 0. The minimum Gasteiger partial charge on any atom is -0.474 e. The van der Waals surface area contributed by atoms with Gasteiger partial charge in [0.2, 0.25) is 0 Å². The summed E-state index contributed by atoms with van der Waals surface area (Å²) in [6.45, 7) is 2.69. The Hall–Kier alpha value is -1.06. The maximum Gasteiger partial charge on any atom is 0.394 e. The highest BCUT2D eigenvalue weighted by Gasteiger charge is 2.08. The number of carbonyl (C=O) groups excluding carboxylic acids is 1. The molecule has 0 aliphatic rings. The Bertz CT molecular complexity index is 217. The van der Waals surface area contributed by atoms with Crippen LogP contribution in [0, 0.1) is 0 Å². The van der Waals surface area contributed by atoms with Gasteiger partial charge in [0.1, 0.15) is 0 Å². The lowest BCUT2D eigenvalue weighted by Crippen LogP contribution is -2.31. The van der Waals surface area contributed by atoms with Gasteiger partial charge in [-0.15, -0.1) is 0 Å². The molecule has 100 valence electrons. The van der Waals surface area contributed by atoms with Crippen LogP contribution >= 0.6 is 0 Å². The van der Waals surface area contributed by atoms with E-state index in [2.05, 4.69) is 12.2 Å². The van der Waals surface area contributed by atoms with E-state index < -0.39 is 11.9 Å². The predicted molar refractivity (Wildman–Crippen MR) is 67.9 cm³/mol. The van der Waals surface area contributed by atoms with Crippen molar-refractivity contribution in [1.29, 1.82) is 0 Å². The normalized spacial score (nSPS) is 10.2. The molecule has 4 nitrogen and oxygen atoms in total. The number of rotatable bonds is 10. The SMILES string of the molecule is CCCCCCCCCCCNC(=O)C(=O)O. The van der Waals surface area contributed by atoms with Crippen LogP contribution in [0.5, 0.6) is 0 Å². The third-order valence-corrected chi connectivity index (χ3v) is 2.76. The van der Waals surface area contributed by atoms with Crippen molar-refractivity contribution in [2.24, 2.45) is 0 Å². The molecule has 0 aliphatic heterocycles. The average Bonchev–Trinajstić information content (AvgIpc) is 2.31. The van der Waals surface area contributed by atoms with E-state index in [0.29, 0.717) is 6.54 Å². The van der Waals surface area contributed by atoms with Crippen LogP contribution in [0.25, 0.3) is 0 Å². The third kappa shape index (κ3) is 11.2. The second kappa shape index (κ2) is 11.4. The molecule has 2 N–H and O–H groups in total. The molecule has 0 rings (SSSR count). The van der Waals surface area contributed by atoms with Crippen molar-refractivity contribution in [2.45, 2.75) is 64.7 Å². The molecule has 0 saturated carbocycles. The first kappa shape index (κ1) is 15.9. The minimum absolute atomic E-state index is 0.473. The quantitative estimate of drug-likeness (QED) is 0.458. The van der Waals surface area contributed by atoms with Crippen molar-refractivity contribution in [1.82, 2.24) is 5.32 Å². The summed E-state index contributed by atoms with van der Waals surface area (Å²) in [6.07, 6.45) is 10.9. The van der Waals surface area contributed by atoms with E-state index in [1.165, 1.54) is 44.9 Å². The molecule has 0 fully saturated rings. The van der Waals surface area contributed by atoms with Gasteiger partial charge >= 0.3 is 11.9 Å². The van der Waals surface area contributed by atoms with E-state index in [9.17, 15) is 9.59 Å². The summed E-state index contributed by atoms with van der Waals surface area (Å²) in [5.41, 5.74) is 0. The highest BCUT2D eigenvalue weighted by atomic mass is 16.4. The van der Waals surface area contributed by atoms with Crippen LogP contribution in [0.15, 0.2) is 0 Å². The molecule has 0 aromatic heterocycles. The van der Waals surface area contributed by atoms with E-state index >= 15 is 0 Å². The fourth-order valence-corrected chi connectivity index (χ4v) is 1.71.